The quantitative estimate of drug-likeness (QED) is 0.685. The summed E-state index contributed by atoms with van der Waals surface area (Å²) in [7, 11) is 1.40. The van der Waals surface area contributed by atoms with Crippen molar-refractivity contribution in [3.63, 3.8) is 0 Å². The van der Waals surface area contributed by atoms with Gasteiger partial charge in [-0.25, -0.2) is 9.59 Å². The first-order valence-electron chi connectivity index (χ1n) is 8.77. The molecular weight excluding hydrogens is 326 g/mol. The molecule has 0 bridgehead atoms. The van der Waals surface area contributed by atoms with E-state index in [4.69, 9.17) is 9.47 Å². The van der Waals surface area contributed by atoms with Crippen LogP contribution in [0.5, 0.6) is 0 Å². The number of piperidine rings is 1. The standard InChI is InChI=1S/C17H27N3O5/c1-4-12-14(16(22)25-5-2)13(19-17(23)18-12)10-20-8-6-11(7-9-20)15(21)24-3/h11-12H,4-10H2,1-3H3,(H2,18,19,23)/t12-/m0/s1. The fourth-order valence-electron chi connectivity index (χ4n) is 3.30. The second kappa shape index (κ2) is 8.84. The highest BCUT2D eigenvalue weighted by molar-refractivity contribution is 5.94. The molecule has 140 valence electrons. The molecule has 0 unspecified atom stereocenters. The van der Waals surface area contributed by atoms with Crippen molar-refractivity contribution in [2.75, 3.05) is 33.4 Å². The number of esters is 2. The van der Waals surface area contributed by atoms with Crippen molar-refractivity contribution in [2.24, 2.45) is 5.92 Å². The van der Waals surface area contributed by atoms with E-state index in [1.165, 1.54) is 7.11 Å². The van der Waals surface area contributed by atoms with Crippen LogP contribution in [0.3, 0.4) is 0 Å². The van der Waals surface area contributed by atoms with E-state index in [0.29, 0.717) is 50.2 Å². The summed E-state index contributed by atoms with van der Waals surface area (Å²) in [6.07, 6.45) is 2.02. The predicted octanol–water partition coefficient (Wildman–Crippen LogP) is 0.780. The molecule has 0 aromatic rings. The summed E-state index contributed by atoms with van der Waals surface area (Å²) < 4.78 is 9.96. The van der Waals surface area contributed by atoms with Crippen molar-refractivity contribution in [1.82, 2.24) is 15.5 Å². The van der Waals surface area contributed by atoms with Crippen molar-refractivity contribution < 1.29 is 23.9 Å². The lowest BCUT2D eigenvalue weighted by Crippen LogP contribution is -2.52. The lowest BCUT2D eigenvalue weighted by atomic mass is 9.95. The van der Waals surface area contributed by atoms with Gasteiger partial charge in [0.15, 0.2) is 0 Å². The van der Waals surface area contributed by atoms with Crippen LogP contribution in [-0.2, 0) is 19.1 Å². The van der Waals surface area contributed by atoms with E-state index >= 15 is 0 Å². The van der Waals surface area contributed by atoms with Crippen molar-refractivity contribution in [3.05, 3.63) is 11.3 Å². The molecule has 0 radical (unpaired) electrons. The average molecular weight is 353 g/mol. The Balaban J connectivity index is 2.11. The maximum Gasteiger partial charge on any atom is 0.337 e. The molecule has 2 rings (SSSR count). The number of ether oxygens (including phenoxy) is 2. The average Bonchev–Trinajstić information content (AvgIpc) is 2.61. The molecule has 1 atom stereocenters. The smallest absolute Gasteiger partial charge is 0.337 e. The Morgan fingerprint density at radius 2 is 1.92 bits per heavy atom. The molecule has 2 aliphatic heterocycles. The lowest BCUT2D eigenvalue weighted by molar-refractivity contribution is -0.147. The van der Waals surface area contributed by atoms with Crippen LogP contribution in [-0.4, -0.2) is 62.3 Å². The summed E-state index contributed by atoms with van der Waals surface area (Å²) in [5, 5.41) is 5.52. The molecule has 2 heterocycles. The molecule has 0 aliphatic carbocycles. The molecule has 25 heavy (non-hydrogen) atoms. The van der Waals surface area contributed by atoms with E-state index in [0.717, 1.165) is 0 Å². The van der Waals surface area contributed by atoms with E-state index in [1.54, 1.807) is 6.92 Å². The summed E-state index contributed by atoms with van der Waals surface area (Å²) in [5.41, 5.74) is 1.07. The molecule has 2 N–H and O–H groups in total. The highest BCUT2D eigenvalue weighted by Gasteiger charge is 2.33. The first-order valence-corrected chi connectivity index (χ1v) is 8.77. The van der Waals surface area contributed by atoms with Crippen molar-refractivity contribution in [2.45, 2.75) is 39.2 Å². The summed E-state index contributed by atoms with van der Waals surface area (Å²) >= 11 is 0. The second-order valence-electron chi connectivity index (χ2n) is 6.25. The van der Waals surface area contributed by atoms with Crippen LogP contribution < -0.4 is 10.6 Å². The number of rotatable bonds is 6. The predicted molar refractivity (Wildman–Crippen MR) is 90.6 cm³/mol. The minimum atomic E-state index is -0.402. The number of nitrogens with zero attached hydrogens (tertiary/aromatic N) is 1. The molecule has 2 amide bonds. The van der Waals surface area contributed by atoms with Gasteiger partial charge in [-0.1, -0.05) is 6.92 Å². The van der Waals surface area contributed by atoms with Gasteiger partial charge in [0.1, 0.15) is 0 Å². The minimum absolute atomic E-state index is 0.0780. The van der Waals surface area contributed by atoms with E-state index < -0.39 is 5.97 Å². The maximum absolute atomic E-state index is 12.4. The van der Waals surface area contributed by atoms with Gasteiger partial charge in [0.05, 0.1) is 31.2 Å². The van der Waals surface area contributed by atoms with Crippen LogP contribution in [0.15, 0.2) is 11.3 Å². The van der Waals surface area contributed by atoms with Crippen LogP contribution in [0.2, 0.25) is 0 Å². The van der Waals surface area contributed by atoms with Crippen LogP contribution in [0, 0.1) is 5.92 Å². The van der Waals surface area contributed by atoms with E-state index in [9.17, 15) is 14.4 Å². The SMILES string of the molecule is CCOC(=O)C1=C(CN2CCC(C(=O)OC)CC2)NC(=O)N[C@H]1CC. The van der Waals surface area contributed by atoms with Gasteiger partial charge in [-0.05, 0) is 39.3 Å². The van der Waals surface area contributed by atoms with Gasteiger partial charge in [0.2, 0.25) is 0 Å². The zero-order valence-electron chi connectivity index (χ0n) is 15.1. The van der Waals surface area contributed by atoms with Crippen LogP contribution >= 0.6 is 0 Å². The third-order valence-corrected chi connectivity index (χ3v) is 4.65. The van der Waals surface area contributed by atoms with Crippen LogP contribution in [0.25, 0.3) is 0 Å². The maximum atomic E-state index is 12.4. The summed E-state index contributed by atoms with van der Waals surface area (Å²) in [6.45, 7) is 5.82. The number of hydrogen-bond acceptors (Lipinski definition) is 6. The lowest BCUT2D eigenvalue weighted by Gasteiger charge is -2.34. The highest BCUT2D eigenvalue weighted by atomic mass is 16.5. The van der Waals surface area contributed by atoms with Gasteiger partial charge in [0, 0.05) is 12.2 Å². The number of methoxy groups -OCH3 is 1. The number of urea groups is 1. The number of nitrogens with one attached hydrogen (secondary N) is 2. The third-order valence-electron chi connectivity index (χ3n) is 4.65. The van der Waals surface area contributed by atoms with Crippen molar-refractivity contribution in [1.29, 1.82) is 0 Å². The number of carbonyl (C=O) groups excluding carboxylic acids is 3. The Bertz CT molecular complexity index is 552. The van der Waals surface area contributed by atoms with Gasteiger partial charge in [0.25, 0.3) is 0 Å². The number of hydrogen-bond donors (Lipinski definition) is 2. The fourth-order valence-corrected chi connectivity index (χ4v) is 3.30. The Morgan fingerprint density at radius 3 is 2.48 bits per heavy atom. The van der Waals surface area contributed by atoms with Crippen molar-refractivity contribution in [3.8, 4) is 0 Å². The topological polar surface area (TPSA) is 97.0 Å². The largest absolute Gasteiger partial charge is 0.469 e. The van der Waals surface area contributed by atoms with Gasteiger partial charge < -0.3 is 20.1 Å². The van der Waals surface area contributed by atoms with Gasteiger partial charge >= 0.3 is 18.0 Å². The number of amides is 2. The summed E-state index contributed by atoms with van der Waals surface area (Å²) in [5.74, 6) is -0.653. The van der Waals surface area contributed by atoms with E-state index in [2.05, 4.69) is 15.5 Å². The Labute approximate surface area is 147 Å². The monoisotopic (exact) mass is 353 g/mol. The van der Waals surface area contributed by atoms with Gasteiger partial charge in [-0.15, -0.1) is 0 Å². The molecule has 1 fully saturated rings. The molecule has 8 heteroatoms. The molecule has 0 saturated carbocycles. The Hall–Kier alpha value is -2.09. The Kier molecular flexibility index (Phi) is 6.81. The Morgan fingerprint density at radius 1 is 1.24 bits per heavy atom. The molecule has 0 aromatic heterocycles. The van der Waals surface area contributed by atoms with Gasteiger partial charge in [-0.2, -0.15) is 0 Å². The zero-order valence-corrected chi connectivity index (χ0v) is 15.1. The summed E-state index contributed by atoms with van der Waals surface area (Å²) in [6, 6.07) is -0.658. The zero-order chi connectivity index (χ0) is 18.4. The minimum Gasteiger partial charge on any atom is -0.469 e. The van der Waals surface area contributed by atoms with E-state index in [1.807, 2.05) is 6.92 Å². The van der Waals surface area contributed by atoms with Crippen molar-refractivity contribution >= 4 is 18.0 Å². The highest BCUT2D eigenvalue weighted by Crippen LogP contribution is 2.22. The van der Waals surface area contributed by atoms with E-state index in [-0.39, 0.29) is 30.6 Å². The third kappa shape index (κ3) is 4.72. The number of carbonyl (C=O) groups is 3. The van der Waals surface area contributed by atoms with Gasteiger partial charge in [-0.3, -0.25) is 9.69 Å². The first-order chi connectivity index (χ1) is 12.0. The first kappa shape index (κ1) is 19.2. The van der Waals surface area contributed by atoms with Crippen LogP contribution in [0.1, 0.15) is 33.1 Å². The molecular formula is C17H27N3O5. The normalized spacial score (nSPS) is 22.2. The van der Waals surface area contributed by atoms with Crippen LogP contribution in [0.4, 0.5) is 4.79 Å². The fraction of sp³-hybridized carbons (Fsp3) is 0.706. The molecule has 8 nitrogen and oxygen atoms in total. The molecule has 2 aliphatic rings. The second-order valence-corrected chi connectivity index (χ2v) is 6.25. The number of likely N-dealkylation sites (tertiary alicyclic amines) is 1. The molecule has 0 aromatic carbocycles. The molecule has 0 spiro atoms. The molecule has 1 saturated heterocycles. The summed E-state index contributed by atoms with van der Waals surface area (Å²) in [4.78, 5) is 38.0.